The summed E-state index contributed by atoms with van der Waals surface area (Å²) in [4.78, 5) is 24.4. The van der Waals surface area contributed by atoms with Crippen LogP contribution in [0.25, 0.3) is 0 Å². The van der Waals surface area contributed by atoms with E-state index in [2.05, 4.69) is 9.80 Å². The maximum atomic E-state index is 10.1. The van der Waals surface area contributed by atoms with Gasteiger partial charge >= 0.3 is 11.9 Å². The zero-order valence-corrected chi connectivity index (χ0v) is 14.6. The average Bonchev–Trinajstić information content (AvgIpc) is 2.41. The first-order valence-electron chi connectivity index (χ1n) is 7.29. The summed E-state index contributed by atoms with van der Waals surface area (Å²) in [5, 5.41) is 16.7. The van der Waals surface area contributed by atoms with Gasteiger partial charge in [0.25, 0.3) is 0 Å². The van der Waals surface area contributed by atoms with Crippen LogP contribution in [0.1, 0.15) is 40.5 Å². The molecule has 6 nitrogen and oxygen atoms in total. The van der Waals surface area contributed by atoms with Crippen molar-refractivity contribution in [2.45, 2.75) is 40.5 Å². The molecule has 0 saturated carbocycles. The number of carboxylic acid groups (broad SMARTS) is 2. The Labute approximate surface area is 138 Å². The van der Waals surface area contributed by atoms with Crippen molar-refractivity contribution in [3.05, 3.63) is 0 Å². The van der Waals surface area contributed by atoms with Crippen molar-refractivity contribution in [3.63, 3.8) is 0 Å². The van der Waals surface area contributed by atoms with Crippen molar-refractivity contribution in [2.75, 3.05) is 39.3 Å². The van der Waals surface area contributed by atoms with Gasteiger partial charge in [0, 0.05) is 29.6 Å². The maximum Gasteiger partial charge on any atom is 0.304 e. The van der Waals surface area contributed by atoms with Crippen LogP contribution in [0.5, 0.6) is 0 Å². The Morgan fingerprint density at radius 2 is 0.952 bits per heavy atom. The predicted octanol–water partition coefficient (Wildman–Crippen LogP) is 1.60. The topological polar surface area (TPSA) is 81.1 Å². The summed E-state index contributed by atoms with van der Waals surface area (Å²) in [6.07, 6.45) is 0.503. The SMILES string of the molecule is CCN(CC)CCC(=O)O.CCN(CC)CCC(=O)O.[Ni]. The Morgan fingerprint density at radius 3 is 1.10 bits per heavy atom. The number of hydrogen-bond acceptors (Lipinski definition) is 4. The van der Waals surface area contributed by atoms with E-state index in [1.165, 1.54) is 0 Å². The molecule has 0 aliphatic rings. The van der Waals surface area contributed by atoms with E-state index >= 15 is 0 Å². The van der Waals surface area contributed by atoms with E-state index in [0.29, 0.717) is 13.1 Å². The van der Waals surface area contributed by atoms with Gasteiger partial charge in [-0.05, 0) is 26.2 Å². The molecule has 0 aromatic heterocycles. The smallest absolute Gasteiger partial charge is 0.304 e. The standard InChI is InChI=1S/2C7H15NO2.Ni/c2*1-3-8(4-2)6-5-7(9)10;/h2*3-6H2,1-2H3,(H,9,10);. The number of carboxylic acids is 2. The summed E-state index contributed by atoms with van der Waals surface area (Å²) in [5.41, 5.74) is 0. The molecule has 0 aromatic carbocycles. The minimum absolute atomic E-state index is 0. The second-order valence-electron chi connectivity index (χ2n) is 4.34. The second kappa shape index (κ2) is 17.4. The molecular formula is C14H30N2NiO4. The predicted molar refractivity (Wildman–Crippen MR) is 80.1 cm³/mol. The van der Waals surface area contributed by atoms with E-state index in [4.69, 9.17) is 10.2 Å². The van der Waals surface area contributed by atoms with Gasteiger partial charge < -0.3 is 20.0 Å². The zero-order chi connectivity index (χ0) is 16.0. The van der Waals surface area contributed by atoms with Crippen molar-refractivity contribution in [1.29, 1.82) is 0 Å². The van der Waals surface area contributed by atoms with Crippen molar-refractivity contribution < 1.29 is 36.3 Å². The van der Waals surface area contributed by atoms with E-state index in [1.54, 1.807) is 0 Å². The van der Waals surface area contributed by atoms with Crippen LogP contribution in [0.4, 0.5) is 0 Å². The van der Waals surface area contributed by atoms with E-state index < -0.39 is 11.9 Å². The number of aliphatic carboxylic acids is 2. The Bertz CT molecular complexity index is 231. The third-order valence-corrected chi connectivity index (χ3v) is 3.07. The fraction of sp³-hybridized carbons (Fsp3) is 0.857. The molecule has 0 saturated heterocycles. The molecule has 0 spiro atoms. The molecule has 0 atom stereocenters. The molecule has 21 heavy (non-hydrogen) atoms. The maximum absolute atomic E-state index is 10.1. The minimum Gasteiger partial charge on any atom is -0.481 e. The van der Waals surface area contributed by atoms with E-state index in [0.717, 1.165) is 26.2 Å². The number of nitrogens with zero attached hydrogens (tertiary/aromatic N) is 2. The molecule has 0 fully saturated rings. The van der Waals surface area contributed by atoms with Gasteiger partial charge in [-0.25, -0.2) is 0 Å². The fourth-order valence-corrected chi connectivity index (χ4v) is 1.59. The Kier molecular flexibility index (Phi) is 21.0. The summed E-state index contributed by atoms with van der Waals surface area (Å²) in [5.74, 6) is -1.43. The van der Waals surface area contributed by atoms with Gasteiger partial charge in [-0.15, -0.1) is 0 Å². The molecule has 0 aliphatic carbocycles. The van der Waals surface area contributed by atoms with E-state index in [9.17, 15) is 9.59 Å². The Morgan fingerprint density at radius 1 is 0.714 bits per heavy atom. The molecule has 130 valence electrons. The largest absolute Gasteiger partial charge is 0.481 e. The molecule has 0 rings (SSSR count). The molecule has 7 heteroatoms. The first-order chi connectivity index (χ1) is 9.40. The minimum atomic E-state index is -0.716. The Balaban J connectivity index is -0.000000295. The van der Waals surface area contributed by atoms with E-state index in [-0.39, 0.29) is 29.3 Å². The number of hydrogen-bond donors (Lipinski definition) is 2. The Hall–Kier alpha value is -0.646. The van der Waals surface area contributed by atoms with Gasteiger partial charge in [-0.3, -0.25) is 9.59 Å². The summed E-state index contributed by atoms with van der Waals surface area (Å²) in [6.45, 7) is 13.2. The molecule has 0 unspecified atom stereocenters. The van der Waals surface area contributed by atoms with Gasteiger partial charge in [-0.1, -0.05) is 27.7 Å². The van der Waals surface area contributed by atoms with Crippen molar-refractivity contribution in [3.8, 4) is 0 Å². The van der Waals surface area contributed by atoms with Gasteiger partial charge in [0.2, 0.25) is 0 Å². The fourth-order valence-electron chi connectivity index (χ4n) is 1.59. The molecule has 0 amide bonds. The van der Waals surface area contributed by atoms with Crippen LogP contribution in [-0.2, 0) is 26.1 Å². The van der Waals surface area contributed by atoms with Gasteiger partial charge in [0.1, 0.15) is 0 Å². The van der Waals surface area contributed by atoms with Gasteiger partial charge in [0.05, 0.1) is 12.8 Å². The number of rotatable bonds is 10. The quantitative estimate of drug-likeness (QED) is 0.583. The monoisotopic (exact) mass is 348 g/mol. The van der Waals surface area contributed by atoms with Crippen molar-refractivity contribution >= 4 is 11.9 Å². The van der Waals surface area contributed by atoms with Crippen molar-refractivity contribution in [1.82, 2.24) is 9.80 Å². The summed E-state index contributed by atoms with van der Waals surface area (Å²) in [7, 11) is 0. The average molecular weight is 349 g/mol. The van der Waals surface area contributed by atoms with Crippen LogP contribution in [0.3, 0.4) is 0 Å². The van der Waals surface area contributed by atoms with Crippen LogP contribution >= 0.6 is 0 Å². The zero-order valence-electron chi connectivity index (χ0n) is 13.6. The normalized spacial score (nSPS) is 9.81. The van der Waals surface area contributed by atoms with E-state index in [1.807, 2.05) is 27.7 Å². The molecular weight excluding hydrogens is 319 g/mol. The molecule has 2 N–H and O–H groups in total. The van der Waals surface area contributed by atoms with Crippen LogP contribution in [0.2, 0.25) is 0 Å². The van der Waals surface area contributed by atoms with Gasteiger partial charge in [-0.2, -0.15) is 0 Å². The third kappa shape index (κ3) is 19.4. The van der Waals surface area contributed by atoms with Crippen molar-refractivity contribution in [2.24, 2.45) is 0 Å². The van der Waals surface area contributed by atoms with Crippen LogP contribution in [0, 0.1) is 0 Å². The summed E-state index contributed by atoms with van der Waals surface area (Å²) in [6, 6.07) is 0. The molecule has 0 heterocycles. The van der Waals surface area contributed by atoms with Crippen LogP contribution in [0.15, 0.2) is 0 Å². The first-order valence-corrected chi connectivity index (χ1v) is 7.29. The summed E-state index contributed by atoms with van der Waals surface area (Å²) < 4.78 is 0. The second-order valence-corrected chi connectivity index (χ2v) is 4.34. The molecule has 0 radical (unpaired) electrons. The molecule has 0 aliphatic heterocycles. The van der Waals surface area contributed by atoms with Crippen LogP contribution in [-0.4, -0.2) is 71.2 Å². The molecule has 0 bridgehead atoms. The molecule has 0 aromatic rings. The third-order valence-electron chi connectivity index (χ3n) is 3.07. The van der Waals surface area contributed by atoms with Crippen LogP contribution < -0.4 is 0 Å². The summed E-state index contributed by atoms with van der Waals surface area (Å²) >= 11 is 0. The number of carbonyl (C=O) groups is 2. The first kappa shape index (κ1) is 25.3. The van der Waals surface area contributed by atoms with Gasteiger partial charge in [0.15, 0.2) is 0 Å².